The Bertz CT molecular complexity index is 791. The molecule has 1 aromatic carbocycles. The summed E-state index contributed by atoms with van der Waals surface area (Å²) >= 11 is 3.35. The smallest absolute Gasteiger partial charge is 0.261 e. The van der Waals surface area contributed by atoms with Crippen molar-refractivity contribution in [1.29, 1.82) is 0 Å². The molecule has 1 aliphatic rings. The second-order valence-corrected chi connectivity index (χ2v) is 6.88. The van der Waals surface area contributed by atoms with Gasteiger partial charge in [0.2, 0.25) is 5.91 Å². The van der Waals surface area contributed by atoms with Gasteiger partial charge in [0.25, 0.3) is 5.56 Å². The number of amides is 1. The van der Waals surface area contributed by atoms with Crippen LogP contribution in [0, 0.1) is 5.92 Å². The topological polar surface area (TPSA) is 90.0 Å². The van der Waals surface area contributed by atoms with Crippen molar-refractivity contribution in [3.8, 4) is 0 Å². The van der Waals surface area contributed by atoms with E-state index in [9.17, 15) is 9.59 Å². The lowest BCUT2D eigenvalue weighted by Gasteiger charge is -2.12. The number of rotatable bonds is 6. The lowest BCUT2D eigenvalue weighted by Crippen LogP contribution is -2.39. The minimum atomic E-state index is -0.140. The van der Waals surface area contributed by atoms with E-state index in [1.165, 1.54) is 10.9 Å². The van der Waals surface area contributed by atoms with Crippen molar-refractivity contribution in [3.63, 3.8) is 0 Å². The van der Waals surface area contributed by atoms with Crippen LogP contribution < -0.4 is 16.6 Å². The fraction of sp³-hybridized carbons (Fsp3) is 0.438. The lowest BCUT2D eigenvalue weighted by molar-refractivity contribution is -0.121. The number of nitrogens with zero attached hydrogens (tertiary/aromatic N) is 2. The van der Waals surface area contributed by atoms with Crippen molar-refractivity contribution in [2.75, 3.05) is 6.54 Å². The molecule has 3 N–H and O–H groups in total. The summed E-state index contributed by atoms with van der Waals surface area (Å²) in [7, 11) is 0. The van der Waals surface area contributed by atoms with Crippen LogP contribution in [0.1, 0.15) is 19.3 Å². The number of fused-ring (bicyclic) bond motifs is 1. The Morgan fingerprint density at radius 3 is 2.92 bits per heavy atom. The molecule has 0 radical (unpaired) electrons. The van der Waals surface area contributed by atoms with E-state index in [0.29, 0.717) is 29.9 Å². The van der Waals surface area contributed by atoms with Gasteiger partial charge in [-0.3, -0.25) is 14.2 Å². The zero-order chi connectivity index (χ0) is 16.4. The van der Waals surface area contributed by atoms with E-state index in [0.717, 1.165) is 17.3 Å². The molecule has 6 nitrogen and oxygen atoms in total. The van der Waals surface area contributed by atoms with Crippen LogP contribution in [0.4, 0.5) is 0 Å². The van der Waals surface area contributed by atoms with Gasteiger partial charge in [-0.05, 0) is 37.0 Å². The molecule has 1 unspecified atom stereocenters. The van der Waals surface area contributed by atoms with Crippen molar-refractivity contribution in [1.82, 2.24) is 14.9 Å². The third-order valence-electron chi connectivity index (χ3n) is 4.13. The molecule has 0 saturated heterocycles. The van der Waals surface area contributed by atoms with Gasteiger partial charge in [-0.25, -0.2) is 4.98 Å². The molecule has 1 fully saturated rings. The summed E-state index contributed by atoms with van der Waals surface area (Å²) in [6.45, 7) is 0.806. The Labute approximate surface area is 154 Å². The van der Waals surface area contributed by atoms with Crippen LogP contribution >= 0.6 is 28.3 Å². The first kappa shape index (κ1) is 18.9. The molecule has 8 heteroatoms. The number of hydrogen-bond acceptors (Lipinski definition) is 4. The van der Waals surface area contributed by atoms with Gasteiger partial charge in [-0.15, -0.1) is 12.4 Å². The minimum absolute atomic E-state index is 0. The fourth-order valence-electron chi connectivity index (χ4n) is 2.52. The summed E-state index contributed by atoms with van der Waals surface area (Å²) in [5, 5.41) is 3.37. The number of aromatic nitrogens is 2. The van der Waals surface area contributed by atoms with E-state index >= 15 is 0 Å². The number of carbonyl (C=O) groups is 1. The van der Waals surface area contributed by atoms with Crippen LogP contribution in [0.3, 0.4) is 0 Å². The first-order chi connectivity index (χ1) is 11.0. The van der Waals surface area contributed by atoms with Gasteiger partial charge in [0.15, 0.2) is 0 Å². The van der Waals surface area contributed by atoms with Crippen molar-refractivity contribution in [2.45, 2.75) is 31.8 Å². The van der Waals surface area contributed by atoms with Gasteiger partial charge in [-0.2, -0.15) is 0 Å². The average Bonchev–Trinajstić information content (AvgIpc) is 3.37. The molecular formula is C16H20BrClN4O2. The molecular weight excluding hydrogens is 396 g/mol. The van der Waals surface area contributed by atoms with E-state index in [4.69, 9.17) is 5.73 Å². The van der Waals surface area contributed by atoms with E-state index in [1.807, 2.05) is 6.07 Å². The minimum Gasteiger partial charge on any atom is -0.354 e. The second-order valence-electron chi connectivity index (χ2n) is 5.96. The number of carbonyl (C=O) groups excluding carboxylic acids is 1. The highest BCUT2D eigenvalue weighted by Crippen LogP contribution is 2.31. The quantitative estimate of drug-likeness (QED) is 0.753. The predicted octanol–water partition coefficient (Wildman–Crippen LogP) is 1.82. The summed E-state index contributed by atoms with van der Waals surface area (Å²) in [6, 6.07) is 5.42. The van der Waals surface area contributed by atoms with E-state index in [1.54, 1.807) is 12.1 Å². The third kappa shape index (κ3) is 4.55. The van der Waals surface area contributed by atoms with Gasteiger partial charge in [0.05, 0.1) is 17.2 Å². The molecule has 1 atom stereocenters. The monoisotopic (exact) mass is 414 g/mol. The molecule has 1 aliphatic carbocycles. The molecule has 1 amide bonds. The highest BCUT2D eigenvalue weighted by Gasteiger charge is 2.28. The predicted molar refractivity (Wildman–Crippen MR) is 99.3 cm³/mol. The highest BCUT2D eigenvalue weighted by molar-refractivity contribution is 9.10. The van der Waals surface area contributed by atoms with Crippen molar-refractivity contribution < 1.29 is 4.79 Å². The molecule has 24 heavy (non-hydrogen) atoms. The van der Waals surface area contributed by atoms with E-state index in [-0.39, 0.29) is 36.3 Å². The molecule has 0 aliphatic heterocycles. The van der Waals surface area contributed by atoms with Gasteiger partial charge in [0.1, 0.15) is 0 Å². The molecule has 2 aromatic rings. The van der Waals surface area contributed by atoms with E-state index in [2.05, 4.69) is 26.2 Å². The standard InChI is InChI=1S/C16H19BrN4O2.ClH/c17-11-3-4-14-12(7-11)16(23)21(9-20-14)6-5-15(22)19-8-13(18)10-1-2-10;/h3-4,7,9-10,13H,1-2,5-6,8,18H2,(H,19,22);1H. The zero-order valence-corrected chi connectivity index (χ0v) is 15.5. The molecule has 1 heterocycles. The summed E-state index contributed by atoms with van der Waals surface area (Å²) in [5.41, 5.74) is 6.46. The zero-order valence-electron chi connectivity index (χ0n) is 13.1. The Balaban J connectivity index is 0.00000208. The van der Waals surface area contributed by atoms with Gasteiger partial charge < -0.3 is 11.1 Å². The first-order valence-electron chi connectivity index (χ1n) is 7.71. The molecule has 0 spiro atoms. The Hall–Kier alpha value is -1.44. The highest BCUT2D eigenvalue weighted by atomic mass is 79.9. The van der Waals surface area contributed by atoms with Crippen LogP contribution in [-0.2, 0) is 11.3 Å². The van der Waals surface area contributed by atoms with E-state index < -0.39 is 0 Å². The van der Waals surface area contributed by atoms with Crippen molar-refractivity contribution in [2.24, 2.45) is 11.7 Å². The van der Waals surface area contributed by atoms with Crippen LogP contribution in [0.2, 0.25) is 0 Å². The average molecular weight is 416 g/mol. The van der Waals surface area contributed by atoms with Gasteiger partial charge in [-0.1, -0.05) is 15.9 Å². The second kappa shape index (κ2) is 8.09. The van der Waals surface area contributed by atoms with Crippen LogP contribution in [0.25, 0.3) is 10.9 Å². The summed E-state index contributed by atoms with van der Waals surface area (Å²) < 4.78 is 2.29. The Kier molecular flexibility index (Phi) is 6.37. The van der Waals surface area contributed by atoms with Crippen LogP contribution in [0.15, 0.2) is 33.8 Å². The summed E-state index contributed by atoms with van der Waals surface area (Å²) in [6.07, 6.45) is 4.04. The van der Waals surface area contributed by atoms with Gasteiger partial charge >= 0.3 is 0 Å². The summed E-state index contributed by atoms with van der Waals surface area (Å²) in [4.78, 5) is 28.5. The largest absolute Gasteiger partial charge is 0.354 e. The van der Waals surface area contributed by atoms with Crippen LogP contribution in [0.5, 0.6) is 0 Å². The number of nitrogens with two attached hydrogens (primary N) is 1. The molecule has 1 saturated carbocycles. The lowest BCUT2D eigenvalue weighted by atomic mass is 10.2. The molecule has 130 valence electrons. The van der Waals surface area contributed by atoms with Crippen molar-refractivity contribution in [3.05, 3.63) is 39.4 Å². The number of halogens is 2. The normalized spacial score (nSPS) is 14.9. The summed E-state index contributed by atoms with van der Waals surface area (Å²) in [5.74, 6) is 0.461. The SMILES string of the molecule is Cl.NC(CNC(=O)CCn1cnc2ccc(Br)cc2c1=O)C1CC1. The number of aryl methyl sites for hydroxylation is 1. The first-order valence-corrected chi connectivity index (χ1v) is 8.51. The number of benzene rings is 1. The maximum atomic E-state index is 12.4. The number of hydrogen-bond donors (Lipinski definition) is 2. The molecule has 1 aromatic heterocycles. The van der Waals surface area contributed by atoms with Gasteiger partial charge in [0, 0.05) is 30.0 Å². The molecule has 3 rings (SSSR count). The number of nitrogens with one attached hydrogen (secondary N) is 1. The fourth-order valence-corrected chi connectivity index (χ4v) is 2.88. The van der Waals surface area contributed by atoms with Crippen LogP contribution in [-0.4, -0.2) is 28.0 Å². The third-order valence-corrected chi connectivity index (χ3v) is 4.62. The van der Waals surface area contributed by atoms with Crippen molar-refractivity contribution >= 4 is 45.1 Å². The Morgan fingerprint density at radius 1 is 1.46 bits per heavy atom. The maximum absolute atomic E-state index is 12.4. The Morgan fingerprint density at radius 2 is 2.21 bits per heavy atom. The maximum Gasteiger partial charge on any atom is 0.261 e. The molecule has 0 bridgehead atoms.